The third kappa shape index (κ3) is 2.68. The van der Waals surface area contributed by atoms with E-state index in [0.717, 1.165) is 5.69 Å². The molecule has 0 spiro atoms. The minimum atomic E-state index is -0.830. The van der Waals surface area contributed by atoms with Crippen LogP contribution in [-0.4, -0.2) is 4.98 Å². The van der Waals surface area contributed by atoms with E-state index >= 15 is 0 Å². The Balaban J connectivity index is 2.14. The normalized spacial score (nSPS) is 10.8. The van der Waals surface area contributed by atoms with E-state index < -0.39 is 11.6 Å². The molecule has 0 atom stereocenters. The molecular formula is C12H12F2N2S. The average molecular weight is 254 g/mol. The van der Waals surface area contributed by atoms with Crippen molar-refractivity contribution >= 4 is 11.3 Å². The van der Waals surface area contributed by atoms with Crippen molar-refractivity contribution in [2.45, 2.75) is 19.4 Å². The number of aryl methyl sites for hydroxylation is 2. The SMILES string of the molecule is NCc1ccc(CCc2cscn2)c(F)c1F. The lowest BCUT2D eigenvalue weighted by Gasteiger charge is -2.06. The van der Waals surface area contributed by atoms with E-state index in [-0.39, 0.29) is 12.1 Å². The lowest BCUT2D eigenvalue weighted by atomic mass is 10.0. The van der Waals surface area contributed by atoms with Gasteiger partial charge in [0.25, 0.3) is 0 Å². The summed E-state index contributed by atoms with van der Waals surface area (Å²) in [5.74, 6) is -1.62. The predicted molar refractivity (Wildman–Crippen MR) is 63.8 cm³/mol. The monoisotopic (exact) mass is 254 g/mol. The first kappa shape index (κ1) is 12.1. The minimum absolute atomic E-state index is 0.00905. The molecule has 17 heavy (non-hydrogen) atoms. The third-order valence-corrected chi connectivity index (χ3v) is 3.23. The highest BCUT2D eigenvalue weighted by Gasteiger charge is 2.12. The Kier molecular flexibility index (Phi) is 3.81. The summed E-state index contributed by atoms with van der Waals surface area (Å²) >= 11 is 1.49. The van der Waals surface area contributed by atoms with Crippen LogP contribution >= 0.6 is 11.3 Å². The molecular weight excluding hydrogens is 242 g/mol. The predicted octanol–water partition coefficient (Wildman–Crippen LogP) is 2.67. The molecule has 0 unspecified atom stereocenters. The van der Waals surface area contributed by atoms with Crippen LogP contribution in [0.2, 0.25) is 0 Å². The van der Waals surface area contributed by atoms with Gasteiger partial charge in [0.1, 0.15) is 0 Å². The zero-order valence-electron chi connectivity index (χ0n) is 9.12. The van der Waals surface area contributed by atoms with E-state index in [2.05, 4.69) is 4.98 Å². The summed E-state index contributed by atoms with van der Waals surface area (Å²) in [6, 6.07) is 3.13. The highest BCUT2D eigenvalue weighted by molar-refractivity contribution is 7.07. The van der Waals surface area contributed by atoms with Crippen LogP contribution in [0, 0.1) is 11.6 Å². The maximum absolute atomic E-state index is 13.6. The maximum atomic E-state index is 13.6. The van der Waals surface area contributed by atoms with Gasteiger partial charge in [0.05, 0.1) is 11.2 Å². The van der Waals surface area contributed by atoms with E-state index in [4.69, 9.17) is 5.73 Å². The third-order valence-electron chi connectivity index (χ3n) is 2.60. The number of rotatable bonds is 4. The average Bonchev–Trinajstić information content (AvgIpc) is 2.84. The van der Waals surface area contributed by atoms with E-state index in [1.165, 1.54) is 17.4 Å². The van der Waals surface area contributed by atoms with Crippen LogP contribution in [0.25, 0.3) is 0 Å². The summed E-state index contributed by atoms with van der Waals surface area (Å²) in [5, 5.41) is 1.91. The fourth-order valence-corrected chi connectivity index (χ4v) is 2.20. The van der Waals surface area contributed by atoms with Crippen molar-refractivity contribution in [1.29, 1.82) is 0 Å². The number of hydrogen-bond donors (Lipinski definition) is 1. The topological polar surface area (TPSA) is 38.9 Å². The van der Waals surface area contributed by atoms with Crippen LogP contribution in [0.3, 0.4) is 0 Å². The van der Waals surface area contributed by atoms with Crippen LogP contribution in [-0.2, 0) is 19.4 Å². The maximum Gasteiger partial charge on any atom is 0.163 e. The van der Waals surface area contributed by atoms with Gasteiger partial charge in [-0.2, -0.15) is 0 Å². The minimum Gasteiger partial charge on any atom is -0.326 e. The highest BCUT2D eigenvalue weighted by Crippen LogP contribution is 2.18. The van der Waals surface area contributed by atoms with Gasteiger partial charge in [-0.25, -0.2) is 13.8 Å². The first-order valence-corrected chi connectivity index (χ1v) is 6.19. The Morgan fingerprint density at radius 3 is 2.47 bits per heavy atom. The Hall–Kier alpha value is -1.33. The standard InChI is InChI=1S/C12H12F2N2S/c13-11-8(1-2-9(5-15)12(11)14)3-4-10-6-17-7-16-10/h1-2,6-7H,3-5,15H2. The second-order valence-electron chi connectivity index (χ2n) is 3.70. The lowest BCUT2D eigenvalue weighted by Crippen LogP contribution is -2.05. The van der Waals surface area contributed by atoms with Crippen molar-refractivity contribution in [3.05, 3.63) is 51.5 Å². The Morgan fingerprint density at radius 1 is 1.12 bits per heavy atom. The van der Waals surface area contributed by atoms with Gasteiger partial charge in [0.15, 0.2) is 11.6 Å². The summed E-state index contributed by atoms with van der Waals surface area (Å²) in [7, 11) is 0. The summed E-state index contributed by atoms with van der Waals surface area (Å²) in [5.41, 5.74) is 8.51. The molecule has 2 N–H and O–H groups in total. The first-order chi connectivity index (χ1) is 8.22. The number of thiazole rings is 1. The molecule has 0 amide bonds. The van der Waals surface area contributed by atoms with Gasteiger partial charge in [0, 0.05) is 17.5 Å². The van der Waals surface area contributed by atoms with Gasteiger partial charge in [-0.3, -0.25) is 0 Å². The van der Waals surface area contributed by atoms with Crippen molar-refractivity contribution in [2.24, 2.45) is 5.73 Å². The van der Waals surface area contributed by atoms with E-state index in [1.807, 2.05) is 5.38 Å². The summed E-state index contributed by atoms with van der Waals surface area (Å²) in [6.45, 7) is 0.00905. The van der Waals surface area contributed by atoms with Crippen molar-refractivity contribution < 1.29 is 8.78 Å². The molecule has 0 aliphatic rings. The summed E-state index contributed by atoms with van der Waals surface area (Å²) < 4.78 is 27.1. The van der Waals surface area contributed by atoms with Crippen molar-refractivity contribution in [1.82, 2.24) is 4.98 Å². The molecule has 1 heterocycles. The molecule has 0 saturated carbocycles. The molecule has 0 saturated heterocycles. The van der Waals surface area contributed by atoms with Gasteiger partial charge in [0.2, 0.25) is 0 Å². The molecule has 0 radical (unpaired) electrons. The largest absolute Gasteiger partial charge is 0.326 e. The summed E-state index contributed by atoms with van der Waals surface area (Å²) in [4.78, 5) is 4.10. The zero-order chi connectivity index (χ0) is 12.3. The zero-order valence-corrected chi connectivity index (χ0v) is 9.94. The van der Waals surface area contributed by atoms with E-state index in [0.29, 0.717) is 18.4 Å². The van der Waals surface area contributed by atoms with Gasteiger partial charge >= 0.3 is 0 Å². The molecule has 5 heteroatoms. The number of benzene rings is 1. The number of hydrogen-bond acceptors (Lipinski definition) is 3. The molecule has 0 fully saturated rings. The molecule has 2 nitrogen and oxygen atoms in total. The Labute approximate surface area is 102 Å². The van der Waals surface area contributed by atoms with Gasteiger partial charge in [-0.15, -0.1) is 11.3 Å². The van der Waals surface area contributed by atoms with E-state index in [1.54, 1.807) is 11.6 Å². The fourth-order valence-electron chi connectivity index (χ4n) is 1.60. The molecule has 90 valence electrons. The molecule has 2 rings (SSSR count). The van der Waals surface area contributed by atoms with E-state index in [9.17, 15) is 8.78 Å². The van der Waals surface area contributed by atoms with Crippen LogP contribution in [0.1, 0.15) is 16.8 Å². The number of aromatic nitrogens is 1. The fraction of sp³-hybridized carbons (Fsp3) is 0.250. The van der Waals surface area contributed by atoms with Crippen LogP contribution in [0.4, 0.5) is 8.78 Å². The summed E-state index contributed by atoms with van der Waals surface area (Å²) in [6.07, 6.45) is 1.05. The molecule has 1 aromatic carbocycles. The molecule has 2 aromatic rings. The quantitative estimate of drug-likeness (QED) is 0.911. The lowest BCUT2D eigenvalue weighted by molar-refractivity contribution is 0.489. The smallest absolute Gasteiger partial charge is 0.163 e. The molecule has 0 aliphatic heterocycles. The van der Waals surface area contributed by atoms with Crippen molar-refractivity contribution in [3.63, 3.8) is 0 Å². The number of halogens is 2. The van der Waals surface area contributed by atoms with Crippen LogP contribution in [0.15, 0.2) is 23.0 Å². The highest BCUT2D eigenvalue weighted by atomic mass is 32.1. The second-order valence-corrected chi connectivity index (χ2v) is 4.41. The molecule has 1 aromatic heterocycles. The Bertz CT molecular complexity index is 497. The van der Waals surface area contributed by atoms with Crippen molar-refractivity contribution in [2.75, 3.05) is 0 Å². The van der Waals surface area contributed by atoms with Gasteiger partial charge in [-0.1, -0.05) is 12.1 Å². The second kappa shape index (κ2) is 5.33. The van der Waals surface area contributed by atoms with Crippen LogP contribution in [0.5, 0.6) is 0 Å². The van der Waals surface area contributed by atoms with Crippen LogP contribution < -0.4 is 5.73 Å². The molecule has 0 aliphatic carbocycles. The number of nitrogens with two attached hydrogens (primary N) is 1. The van der Waals surface area contributed by atoms with Gasteiger partial charge < -0.3 is 5.73 Å². The van der Waals surface area contributed by atoms with Gasteiger partial charge in [-0.05, 0) is 18.4 Å². The molecule has 0 bridgehead atoms. The first-order valence-electron chi connectivity index (χ1n) is 5.25. The van der Waals surface area contributed by atoms with Crippen molar-refractivity contribution in [3.8, 4) is 0 Å². The number of nitrogens with zero attached hydrogens (tertiary/aromatic N) is 1. The Morgan fingerprint density at radius 2 is 1.82 bits per heavy atom.